The summed E-state index contributed by atoms with van der Waals surface area (Å²) < 4.78 is 2.39. The Morgan fingerprint density at radius 1 is 0.769 bits per heavy atom. The quantitative estimate of drug-likeness (QED) is 0.375. The van der Waals surface area contributed by atoms with Crippen LogP contribution in [0.2, 0.25) is 0 Å². The van der Waals surface area contributed by atoms with Gasteiger partial charge in [-0.1, -0.05) is 42.5 Å². The second-order valence-corrected chi connectivity index (χ2v) is 7.03. The van der Waals surface area contributed by atoms with Gasteiger partial charge in [0.15, 0.2) is 0 Å². The minimum atomic E-state index is 1.11. The molecule has 0 aliphatic heterocycles. The Bertz CT molecular complexity index is 1320. The minimum absolute atomic E-state index is 1.11. The standard InChI is InChI=1S/C24H18N2/c1-2-8-16(9-3-1)26-21-13-7-5-11-18(21)24-22(26)15-14-20-23(24)17-10-4-6-12-19(17)25-20/h1-3,5-9,11-15,25H,4,10H2. The number of allylic oxidation sites excluding steroid dienone is 1. The van der Waals surface area contributed by atoms with Gasteiger partial charge in [0.1, 0.15) is 0 Å². The lowest BCUT2D eigenvalue weighted by atomic mass is 9.98. The topological polar surface area (TPSA) is 20.7 Å². The van der Waals surface area contributed by atoms with E-state index in [1.807, 2.05) is 0 Å². The van der Waals surface area contributed by atoms with Crippen LogP contribution in [0.3, 0.4) is 0 Å². The fourth-order valence-electron chi connectivity index (χ4n) is 4.52. The molecule has 0 saturated heterocycles. The molecule has 124 valence electrons. The highest BCUT2D eigenvalue weighted by molar-refractivity contribution is 6.22. The van der Waals surface area contributed by atoms with Gasteiger partial charge >= 0.3 is 0 Å². The van der Waals surface area contributed by atoms with E-state index in [1.54, 1.807) is 0 Å². The highest BCUT2D eigenvalue weighted by atomic mass is 15.0. The molecule has 1 aliphatic carbocycles. The molecule has 2 nitrogen and oxygen atoms in total. The van der Waals surface area contributed by atoms with Gasteiger partial charge in [-0.05, 0) is 54.8 Å². The summed E-state index contributed by atoms with van der Waals surface area (Å²) in [5.74, 6) is 0. The van der Waals surface area contributed by atoms with E-state index in [2.05, 4.69) is 88.4 Å². The summed E-state index contributed by atoms with van der Waals surface area (Å²) in [7, 11) is 0. The highest BCUT2D eigenvalue weighted by Gasteiger charge is 2.19. The van der Waals surface area contributed by atoms with Crippen LogP contribution in [0.1, 0.15) is 17.7 Å². The van der Waals surface area contributed by atoms with Crippen molar-refractivity contribution in [1.29, 1.82) is 0 Å². The van der Waals surface area contributed by atoms with Crippen LogP contribution in [0.4, 0.5) is 0 Å². The van der Waals surface area contributed by atoms with Crippen LogP contribution < -0.4 is 0 Å². The first-order valence-corrected chi connectivity index (χ1v) is 9.20. The number of fused-ring (bicyclic) bond motifs is 7. The number of benzene rings is 3. The number of nitrogens with zero attached hydrogens (tertiary/aromatic N) is 1. The fourth-order valence-corrected chi connectivity index (χ4v) is 4.52. The first-order chi connectivity index (χ1) is 12.9. The lowest BCUT2D eigenvalue weighted by Gasteiger charge is -2.08. The first-order valence-electron chi connectivity index (χ1n) is 9.20. The third-order valence-corrected chi connectivity index (χ3v) is 5.59. The van der Waals surface area contributed by atoms with Crippen molar-refractivity contribution in [1.82, 2.24) is 9.55 Å². The molecule has 0 unspecified atom stereocenters. The smallest absolute Gasteiger partial charge is 0.0548 e. The molecule has 1 aliphatic rings. The predicted octanol–water partition coefficient (Wildman–Crippen LogP) is 6.22. The zero-order valence-corrected chi connectivity index (χ0v) is 14.4. The van der Waals surface area contributed by atoms with Crippen molar-refractivity contribution >= 4 is 38.8 Å². The van der Waals surface area contributed by atoms with Gasteiger partial charge in [0.2, 0.25) is 0 Å². The van der Waals surface area contributed by atoms with Crippen LogP contribution in [0.15, 0.2) is 72.8 Å². The van der Waals surface area contributed by atoms with E-state index < -0.39 is 0 Å². The van der Waals surface area contributed by atoms with E-state index >= 15 is 0 Å². The van der Waals surface area contributed by atoms with Crippen molar-refractivity contribution < 1.29 is 0 Å². The van der Waals surface area contributed by atoms with Crippen molar-refractivity contribution in [3.05, 3.63) is 84.1 Å². The monoisotopic (exact) mass is 334 g/mol. The molecule has 0 atom stereocenters. The molecule has 26 heavy (non-hydrogen) atoms. The van der Waals surface area contributed by atoms with Gasteiger partial charge in [-0.2, -0.15) is 0 Å². The molecule has 0 amide bonds. The number of H-pyrrole nitrogens is 1. The largest absolute Gasteiger partial charge is 0.355 e. The van der Waals surface area contributed by atoms with Crippen molar-refractivity contribution in [2.24, 2.45) is 0 Å². The second kappa shape index (κ2) is 5.12. The maximum absolute atomic E-state index is 3.63. The van der Waals surface area contributed by atoms with E-state index in [0.717, 1.165) is 12.8 Å². The summed E-state index contributed by atoms with van der Waals surface area (Å²) >= 11 is 0. The molecule has 2 heteroatoms. The molecule has 0 saturated carbocycles. The van der Waals surface area contributed by atoms with Crippen LogP contribution >= 0.6 is 0 Å². The zero-order chi connectivity index (χ0) is 17.1. The maximum atomic E-state index is 3.63. The molecule has 0 spiro atoms. The summed E-state index contributed by atoms with van der Waals surface area (Å²) in [6.45, 7) is 0. The van der Waals surface area contributed by atoms with E-state index in [0.29, 0.717) is 0 Å². The summed E-state index contributed by atoms with van der Waals surface area (Å²) in [4.78, 5) is 3.63. The van der Waals surface area contributed by atoms with Crippen molar-refractivity contribution in [3.63, 3.8) is 0 Å². The number of hydrogen-bond donors (Lipinski definition) is 1. The normalized spacial score (nSPS) is 13.7. The Hall–Kier alpha value is -3.26. The van der Waals surface area contributed by atoms with E-state index in [1.165, 1.54) is 49.7 Å². The number of nitrogens with one attached hydrogen (secondary N) is 1. The second-order valence-electron chi connectivity index (χ2n) is 7.03. The van der Waals surface area contributed by atoms with Gasteiger partial charge in [-0.3, -0.25) is 0 Å². The van der Waals surface area contributed by atoms with Gasteiger partial charge in [-0.25, -0.2) is 0 Å². The number of rotatable bonds is 1. The van der Waals surface area contributed by atoms with Gasteiger partial charge in [0.05, 0.1) is 11.0 Å². The first kappa shape index (κ1) is 14.0. The molecule has 0 radical (unpaired) electrons. The molecule has 0 fully saturated rings. The molecule has 3 aromatic carbocycles. The number of hydrogen-bond acceptors (Lipinski definition) is 0. The number of para-hydroxylation sites is 2. The highest BCUT2D eigenvalue weighted by Crippen LogP contribution is 2.40. The van der Waals surface area contributed by atoms with E-state index in [-0.39, 0.29) is 0 Å². The SMILES string of the molecule is C1=Cc2[nH]c3ccc4c(c5ccccc5n4-c4ccccc4)c3c2CC1. The lowest BCUT2D eigenvalue weighted by Crippen LogP contribution is -1.93. The number of aromatic nitrogens is 2. The molecule has 2 aromatic heterocycles. The molecular weight excluding hydrogens is 316 g/mol. The molecule has 5 aromatic rings. The van der Waals surface area contributed by atoms with Gasteiger partial charge in [-0.15, -0.1) is 0 Å². The van der Waals surface area contributed by atoms with E-state index in [4.69, 9.17) is 0 Å². The van der Waals surface area contributed by atoms with Crippen LogP contribution in [0.5, 0.6) is 0 Å². The van der Waals surface area contributed by atoms with Crippen LogP contribution in [0, 0.1) is 0 Å². The van der Waals surface area contributed by atoms with Crippen molar-refractivity contribution in [2.45, 2.75) is 12.8 Å². The summed E-state index contributed by atoms with van der Waals surface area (Å²) in [5, 5.41) is 4.09. The third-order valence-electron chi connectivity index (χ3n) is 5.59. The maximum Gasteiger partial charge on any atom is 0.0548 e. The van der Waals surface area contributed by atoms with Gasteiger partial charge in [0.25, 0.3) is 0 Å². The summed E-state index contributed by atoms with van der Waals surface area (Å²) in [5.41, 5.74) is 7.73. The fraction of sp³-hybridized carbons (Fsp3) is 0.0833. The average Bonchev–Trinajstić information content (AvgIpc) is 3.24. The summed E-state index contributed by atoms with van der Waals surface area (Å²) in [6, 6.07) is 23.9. The molecular formula is C24H18N2. The van der Waals surface area contributed by atoms with Crippen LogP contribution in [0.25, 0.3) is 44.5 Å². The molecule has 6 rings (SSSR count). The van der Waals surface area contributed by atoms with E-state index in [9.17, 15) is 0 Å². The summed E-state index contributed by atoms with van der Waals surface area (Å²) in [6.07, 6.45) is 6.73. The zero-order valence-electron chi connectivity index (χ0n) is 14.4. The lowest BCUT2D eigenvalue weighted by molar-refractivity contribution is 0.993. The Kier molecular flexibility index (Phi) is 2.75. The Morgan fingerprint density at radius 2 is 1.62 bits per heavy atom. The molecule has 0 bridgehead atoms. The third kappa shape index (κ3) is 1.76. The van der Waals surface area contributed by atoms with Gasteiger partial charge in [0, 0.05) is 33.1 Å². The van der Waals surface area contributed by atoms with Crippen molar-refractivity contribution in [3.8, 4) is 5.69 Å². The molecule has 2 heterocycles. The molecule has 1 N–H and O–H groups in total. The van der Waals surface area contributed by atoms with Crippen LogP contribution in [-0.2, 0) is 6.42 Å². The van der Waals surface area contributed by atoms with Crippen molar-refractivity contribution in [2.75, 3.05) is 0 Å². The Balaban J connectivity index is 1.87. The van der Waals surface area contributed by atoms with Crippen LogP contribution in [-0.4, -0.2) is 9.55 Å². The number of aromatic amines is 1. The predicted molar refractivity (Wildman–Crippen MR) is 110 cm³/mol. The Labute approximate surface area is 151 Å². The Morgan fingerprint density at radius 3 is 2.54 bits per heavy atom. The average molecular weight is 334 g/mol. The van der Waals surface area contributed by atoms with Gasteiger partial charge < -0.3 is 9.55 Å². The number of aryl methyl sites for hydroxylation is 1. The minimum Gasteiger partial charge on any atom is -0.355 e.